The van der Waals surface area contributed by atoms with Crippen LogP contribution < -0.4 is 0 Å². The van der Waals surface area contributed by atoms with Gasteiger partial charge in [0.1, 0.15) is 11.9 Å². The molecule has 194 valence electrons. The van der Waals surface area contributed by atoms with Gasteiger partial charge in [0.25, 0.3) is 0 Å². The normalized spacial score (nSPS) is 41.1. The first-order valence-corrected chi connectivity index (χ1v) is 13.6. The Morgan fingerprint density at radius 2 is 1.63 bits per heavy atom. The zero-order chi connectivity index (χ0) is 26.1. The van der Waals surface area contributed by atoms with Crippen LogP contribution in [0, 0.1) is 39.4 Å². The molecule has 0 bridgehead atoms. The van der Waals surface area contributed by atoms with Crippen LogP contribution in [0.4, 0.5) is 0 Å². The Morgan fingerprint density at radius 1 is 0.971 bits per heavy atom. The molecule has 0 radical (unpaired) electrons. The van der Waals surface area contributed by atoms with Crippen LogP contribution in [0.2, 0.25) is 0 Å². The summed E-state index contributed by atoms with van der Waals surface area (Å²) >= 11 is 0. The number of hydrogen-bond donors (Lipinski definition) is 0. The molecule has 0 heterocycles. The Balaban J connectivity index is 1.77. The van der Waals surface area contributed by atoms with Crippen LogP contribution in [0.25, 0.3) is 0 Å². The van der Waals surface area contributed by atoms with Gasteiger partial charge in [-0.15, -0.1) is 0 Å². The number of rotatable bonds is 5. The van der Waals surface area contributed by atoms with E-state index in [0.717, 1.165) is 36.8 Å². The van der Waals surface area contributed by atoms with Crippen molar-refractivity contribution in [2.75, 3.05) is 0 Å². The highest BCUT2D eigenvalue weighted by molar-refractivity contribution is 6.11. The van der Waals surface area contributed by atoms with Crippen molar-refractivity contribution in [3.05, 3.63) is 11.1 Å². The smallest absolute Gasteiger partial charge is 0.302 e. The molecule has 0 saturated heterocycles. The minimum atomic E-state index is -0.395. The van der Waals surface area contributed by atoms with Crippen LogP contribution in [-0.4, -0.2) is 29.4 Å². The fraction of sp³-hybridized carbons (Fsp3) is 0.800. The van der Waals surface area contributed by atoms with E-state index in [0.29, 0.717) is 37.5 Å². The third-order valence-corrected chi connectivity index (χ3v) is 11.3. The van der Waals surface area contributed by atoms with E-state index in [4.69, 9.17) is 4.74 Å². The fourth-order valence-electron chi connectivity index (χ4n) is 9.14. The lowest BCUT2D eigenvalue weighted by Gasteiger charge is -2.60. The lowest BCUT2D eigenvalue weighted by atomic mass is 9.42. The molecule has 0 aromatic heterocycles. The fourth-order valence-corrected chi connectivity index (χ4v) is 9.14. The highest BCUT2D eigenvalue weighted by Gasteiger charge is 2.67. The molecule has 4 aliphatic rings. The van der Waals surface area contributed by atoms with Crippen LogP contribution >= 0.6 is 0 Å². The largest absolute Gasteiger partial charge is 0.462 e. The molecule has 0 N–H and O–H groups in total. The average molecular weight is 485 g/mol. The van der Waals surface area contributed by atoms with E-state index in [2.05, 4.69) is 41.5 Å². The molecule has 5 heteroatoms. The van der Waals surface area contributed by atoms with E-state index in [9.17, 15) is 19.2 Å². The summed E-state index contributed by atoms with van der Waals surface area (Å²) in [7, 11) is 0. The van der Waals surface area contributed by atoms with Gasteiger partial charge in [0.2, 0.25) is 0 Å². The van der Waals surface area contributed by atoms with Crippen molar-refractivity contribution in [3.8, 4) is 0 Å². The third-order valence-electron chi connectivity index (χ3n) is 11.3. The number of Topliss-reactive ketones (excluding diaryl/α,β-unsaturated/α-hetero) is 3. The highest BCUT2D eigenvalue weighted by Crippen LogP contribution is 2.71. The number of ether oxygens (including phenoxy) is 1. The quantitative estimate of drug-likeness (QED) is 0.445. The first-order chi connectivity index (χ1) is 16.1. The van der Waals surface area contributed by atoms with Gasteiger partial charge >= 0.3 is 5.97 Å². The second-order valence-electron chi connectivity index (χ2n) is 13.5. The Bertz CT molecular complexity index is 1000. The maximum absolute atomic E-state index is 14.1. The van der Waals surface area contributed by atoms with Gasteiger partial charge < -0.3 is 9.53 Å². The molecule has 35 heavy (non-hydrogen) atoms. The van der Waals surface area contributed by atoms with Gasteiger partial charge in [0.15, 0.2) is 11.6 Å². The zero-order valence-corrected chi connectivity index (χ0v) is 23.0. The van der Waals surface area contributed by atoms with Crippen molar-refractivity contribution in [1.82, 2.24) is 0 Å². The molecule has 0 aromatic rings. The van der Waals surface area contributed by atoms with E-state index in [-0.39, 0.29) is 51.6 Å². The number of ketones is 3. The summed E-state index contributed by atoms with van der Waals surface area (Å²) in [4.78, 5) is 51.5. The van der Waals surface area contributed by atoms with Gasteiger partial charge in [0, 0.05) is 53.6 Å². The topological polar surface area (TPSA) is 77.5 Å². The first kappa shape index (κ1) is 26.3. The molecule has 3 unspecified atom stereocenters. The molecule has 2 fully saturated rings. The monoisotopic (exact) mass is 484 g/mol. The number of carbonyl (C=O) groups is 4. The molecular formula is C30H44O5. The number of fused-ring (bicyclic) bond motifs is 4. The van der Waals surface area contributed by atoms with Crippen molar-refractivity contribution < 1.29 is 23.9 Å². The van der Waals surface area contributed by atoms with Crippen molar-refractivity contribution in [2.45, 2.75) is 113 Å². The molecule has 0 amide bonds. The summed E-state index contributed by atoms with van der Waals surface area (Å²) in [6.07, 6.45) is 5.41. The van der Waals surface area contributed by atoms with E-state index in [1.54, 1.807) is 6.92 Å². The van der Waals surface area contributed by atoms with Crippen molar-refractivity contribution in [2.24, 2.45) is 39.4 Å². The summed E-state index contributed by atoms with van der Waals surface area (Å²) in [5, 5.41) is 0. The summed E-state index contributed by atoms with van der Waals surface area (Å²) in [6.45, 7) is 16.2. The molecule has 0 aliphatic heterocycles. The number of allylic oxidation sites excluding steroid dienone is 2. The van der Waals surface area contributed by atoms with Crippen LogP contribution in [0.15, 0.2) is 11.1 Å². The summed E-state index contributed by atoms with van der Waals surface area (Å²) in [5.74, 6) is 0.802. The Morgan fingerprint density at radius 3 is 2.23 bits per heavy atom. The van der Waals surface area contributed by atoms with Gasteiger partial charge in [-0.1, -0.05) is 41.5 Å². The lowest BCUT2D eigenvalue weighted by molar-refractivity contribution is -0.169. The Labute approximate surface area is 210 Å². The van der Waals surface area contributed by atoms with Crippen LogP contribution in [0.1, 0.15) is 107 Å². The van der Waals surface area contributed by atoms with Crippen molar-refractivity contribution in [1.29, 1.82) is 0 Å². The van der Waals surface area contributed by atoms with Gasteiger partial charge in [-0.05, 0) is 62.2 Å². The standard InChI is InChI=1S/C30H44O5/c1-17(9-10-18(2)31)20-11-14-29(7)26-21(33)15-23-27(4,5)24(35-19(3)32)12-13-28(23,6)25(26)22(34)16-30(20,29)8/h17,20,23-24H,9-16H2,1-8H3/t17?,20?,23-,24?,28-,29-,30+/m0/s1. The van der Waals surface area contributed by atoms with E-state index in [1.165, 1.54) is 6.92 Å². The highest BCUT2D eigenvalue weighted by atomic mass is 16.5. The van der Waals surface area contributed by atoms with Crippen molar-refractivity contribution >= 4 is 23.3 Å². The second-order valence-corrected chi connectivity index (χ2v) is 13.5. The van der Waals surface area contributed by atoms with Gasteiger partial charge in [-0.25, -0.2) is 0 Å². The van der Waals surface area contributed by atoms with Gasteiger partial charge in [-0.2, -0.15) is 0 Å². The minimum absolute atomic E-state index is 0.0389. The van der Waals surface area contributed by atoms with Gasteiger partial charge in [0.05, 0.1) is 0 Å². The van der Waals surface area contributed by atoms with Gasteiger partial charge in [-0.3, -0.25) is 14.4 Å². The summed E-state index contributed by atoms with van der Waals surface area (Å²) < 4.78 is 5.71. The molecule has 0 spiro atoms. The molecule has 2 saturated carbocycles. The number of esters is 1. The number of carbonyl (C=O) groups excluding carboxylic acids is 4. The van der Waals surface area contributed by atoms with Crippen molar-refractivity contribution in [3.63, 3.8) is 0 Å². The second kappa shape index (κ2) is 8.38. The molecule has 0 aromatic carbocycles. The summed E-state index contributed by atoms with van der Waals surface area (Å²) in [5.41, 5.74) is 0.232. The molecule has 4 rings (SSSR count). The van der Waals surface area contributed by atoms with E-state index < -0.39 is 5.41 Å². The Hall–Kier alpha value is -1.78. The van der Waals surface area contributed by atoms with E-state index in [1.807, 2.05) is 0 Å². The number of hydrogen-bond acceptors (Lipinski definition) is 5. The van der Waals surface area contributed by atoms with E-state index >= 15 is 0 Å². The van der Waals surface area contributed by atoms with Crippen LogP contribution in [-0.2, 0) is 23.9 Å². The Kier molecular flexibility index (Phi) is 6.29. The SMILES string of the molecule is CC(=O)CCC(C)C1CC[C@@]2(C)C3=C(C(=O)C[C@]12C)[C@@]1(C)CCC(OC(C)=O)C(C)(C)[C@@H]1CC3=O. The third kappa shape index (κ3) is 3.70. The predicted molar refractivity (Wildman–Crippen MR) is 134 cm³/mol. The van der Waals surface area contributed by atoms with Crippen LogP contribution in [0.5, 0.6) is 0 Å². The molecule has 5 nitrogen and oxygen atoms in total. The first-order valence-electron chi connectivity index (χ1n) is 13.6. The molecular weight excluding hydrogens is 440 g/mol. The maximum Gasteiger partial charge on any atom is 0.302 e. The molecule has 7 atom stereocenters. The predicted octanol–water partition coefficient (Wildman–Crippen LogP) is 6.03. The zero-order valence-electron chi connectivity index (χ0n) is 23.0. The lowest BCUT2D eigenvalue weighted by Crippen LogP contribution is -2.59. The summed E-state index contributed by atoms with van der Waals surface area (Å²) in [6, 6.07) is 0. The maximum atomic E-state index is 14.1. The minimum Gasteiger partial charge on any atom is -0.462 e. The molecule has 4 aliphatic carbocycles. The average Bonchev–Trinajstić information content (AvgIpc) is 3.00. The van der Waals surface area contributed by atoms with Crippen LogP contribution in [0.3, 0.4) is 0 Å².